The number of rotatable bonds is 1. The molecule has 0 saturated carbocycles. The Morgan fingerprint density at radius 2 is 1.77 bits per heavy atom. The van der Waals surface area contributed by atoms with Crippen molar-refractivity contribution in [1.29, 1.82) is 0 Å². The molecule has 2 nitrogen and oxygen atoms in total. The van der Waals surface area contributed by atoms with Crippen LogP contribution in [-0.2, 0) is 11.8 Å². The first-order valence-corrected chi connectivity index (χ1v) is 7.52. The van der Waals surface area contributed by atoms with Crippen LogP contribution in [0.4, 0.5) is 17.6 Å². The molecule has 0 radical (unpaired) electrons. The lowest BCUT2D eigenvalue weighted by atomic mass is 9.71. The topological polar surface area (TPSA) is 23.5 Å². The van der Waals surface area contributed by atoms with Crippen LogP contribution >= 0.6 is 0 Å². The first-order chi connectivity index (χ1) is 10.2. The summed E-state index contributed by atoms with van der Waals surface area (Å²) < 4.78 is 53.2. The van der Waals surface area contributed by atoms with Gasteiger partial charge in [-0.1, -0.05) is 6.42 Å². The van der Waals surface area contributed by atoms with Crippen LogP contribution in [0.3, 0.4) is 0 Å². The van der Waals surface area contributed by atoms with Crippen molar-refractivity contribution in [2.45, 2.75) is 56.0 Å². The molecule has 0 spiro atoms. The lowest BCUT2D eigenvalue weighted by molar-refractivity contribution is -0.144. The summed E-state index contributed by atoms with van der Waals surface area (Å²) >= 11 is 0. The van der Waals surface area contributed by atoms with Crippen molar-refractivity contribution in [1.82, 2.24) is 4.90 Å². The van der Waals surface area contributed by atoms with Crippen molar-refractivity contribution in [3.05, 3.63) is 35.1 Å². The minimum absolute atomic E-state index is 0.0434. The van der Waals surface area contributed by atoms with Crippen LogP contribution in [0, 0.1) is 5.82 Å². The lowest BCUT2D eigenvalue weighted by Gasteiger charge is -2.51. The summed E-state index contributed by atoms with van der Waals surface area (Å²) in [4.78, 5) is 2.14. The second-order valence-corrected chi connectivity index (χ2v) is 6.53. The Morgan fingerprint density at radius 1 is 1.18 bits per heavy atom. The standard InChI is InChI=1S/C16H19F4NO/c1-21-11-3-2-4-12(21)9-15(22,8-11)14-7-10(17)5-6-13(14)16(18,19)20/h5-7,11-12,22H,2-4,8-9H2,1H3. The van der Waals surface area contributed by atoms with Gasteiger partial charge in [0.2, 0.25) is 0 Å². The highest BCUT2D eigenvalue weighted by Crippen LogP contribution is 2.47. The van der Waals surface area contributed by atoms with Gasteiger partial charge >= 0.3 is 6.18 Å². The van der Waals surface area contributed by atoms with Gasteiger partial charge in [-0.3, -0.25) is 0 Å². The molecule has 1 aromatic rings. The Morgan fingerprint density at radius 3 is 2.32 bits per heavy atom. The molecule has 2 atom stereocenters. The molecule has 2 aliphatic heterocycles. The van der Waals surface area contributed by atoms with Gasteiger partial charge in [0, 0.05) is 12.1 Å². The highest BCUT2D eigenvalue weighted by molar-refractivity contribution is 5.36. The fourth-order valence-electron chi connectivity index (χ4n) is 4.02. The number of benzene rings is 1. The van der Waals surface area contributed by atoms with Crippen molar-refractivity contribution in [3.63, 3.8) is 0 Å². The number of nitrogens with zero attached hydrogens (tertiary/aromatic N) is 1. The van der Waals surface area contributed by atoms with Gasteiger partial charge in [-0.05, 0) is 56.5 Å². The molecule has 6 heteroatoms. The molecule has 0 aliphatic carbocycles. The zero-order chi connectivity index (χ0) is 16.1. The molecular weight excluding hydrogens is 298 g/mol. The van der Waals surface area contributed by atoms with E-state index in [2.05, 4.69) is 4.90 Å². The highest BCUT2D eigenvalue weighted by atomic mass is 19.4. The van der Waals surface area contributed by atoms with Crippen LogP contribution < -0.4 is 0 Å². The second kappa shape index (κ2) is 5.20. The smallest absolute Gasteiger partial charge is 0.385 e. The third kappa shape index (κ3) is 2.63. The third-order valence-corrected chi connectivity index (χ3v) is 5.16. The number of fused-ring (bicyclic) bond motifs is 2. The zero-order valence-electron chi connectivity index (χ0n) is 12.3. The normalized spacial score (nSPS) is 33.0. The fraction of sp³-hybridized carbons (Fsp3) is 0.625. The number of halogens is 4. The Bertz CT molecular complexity index is 558. The largest absolute Gasteiger partial charge is 0.416 e. The number of hydrogen-bond acceptors (Lipinski definition) is 2. The summed E-state index contributed by atoms with van der Waals surface area (Å²) in [6.45, 7) is 0. The summed E-state index contributed by atoms with van der Waals surface area (Å²) in [5.74, 6) is -0.750. The van der Waals surface area contributed by atoms with Crippen molar-refractivity contribution in [2.75, 3.05) is 7.05 Å². The average Bonchev–Trinajstić information content (AvgIpc) is 2.39. The Labute approximate surface area is 126 Å². The van der Waals surface area contributed by atoms with Crippen molar-refractivity contribution in [3.8, 4) is 0 Å². The minimum Gasteiger partial charge on any atom is -0.385 e. The van der Waals surface area contributed by atoms with E-state index in [0.717, 1.165) is 37.5 Å². The van der Waals surface area contributed by atoms with Crippen LogP contribution in [0.15, 0.2) is 18.2 Å². The van der Waals surface area contributed by atoms with Crippen LogP contribution in [0.5, 0.6) is 0 Å². The molecule has 2 unspecified atom stereocenters. The maximum Gasteiger partial charge on any atom is 0.416 e. The van der Waals surface area contributed by atoms with E-state index in [1.54, 1.807) is 0 Å². The molecule has 2 bridgehead atoms. The van der Waals surface area contributed by atoms with Gasteiger partial charge < -0.3 is 10.0 Å². The van der Waals surface area contributed by atoms with Gasteiger partial charge in [-0.2, -0.15) is 13.2 Å². The zero-order valence-corrected chi connectivity index (χ0v) is 12.3. The van der Waals surface area contributed by atoms with Crippen LogP contribution in [-0.4, -0.2) is 29.1 Å². The van der Waals surface area contributed by atoms with Gasteiger partial charge in [-0.15, -0.1) is 0 Å². The Hall–Kier alpha value is -1.14. The lowest BCUT2D eigenvalue weighted by Crippen LogP contribution is -2.55. The van der Waals surface area contributed by atoms with Crippen LogP contribution in [0.25, 0.3) is 0 Å². The van der Waals surface area contributed by atoms with Crippen LogP contribution in [0.2, 0.25) is 0 Å². The number of alkyl halides is 3. The van der Waals surface area contributed by atoms with E-state index >= 15 is 0 Å². The Kier molecular flexibility index (Phi) is 3.72. The van der Waals surface area contributed by atoms with E-state index in [9.17, 15) is 22.7 Å². The first-order valence-electron chi connectivity index (χ1n) is 7.52. The third-order valence-electron chi connectivity index (χ3n) is 5.16. The van der Waals surface area contributed by atoms with Gasteiger partial charge in [0.15, 0.2) is 0 Å². The molecule has 2 aliphatic rings. The monoisotopic (exact) mass is 317 g/mol. The quantitative estimate of drug-likeness (QED) is 0.799. The van der Waals surface area contributed by atoms with E-state index in [0.29, 0.717) is 0 Å². The van der Waals surface area contributed by atoms with E-state index in [4.69, 9.17) is 0 Å². The molecule has 0 aromatic heterocycles. The summed E-state index contributed by atoms with van der Waals surface area (Å²) in [5, 5.41) is 10.9. The van der Waals surface area contributed by atoms with E-state index < -0.39 is 23.2 Å². The second-order valence-electron chi connectivity index (χ2n) is 6.53. The molecule has 2 heterocycles. The number of piperidine rings is 2. The molecule has 22 heavy (non-hydrogen) atoms. The molecule has 122 valence electrons. The molecule has 2 saturated heterocycles. The predicted molar refractivity (Wildman–Crippen MR) is 73.7 cm³/mol. The van der Waals surface area contributed by atoms with E-state index in [1.165, 1.54) is 0 Å². The average molecular weight is 317 g/mol. The van der Waals surface area contributed by atoms with E-state index in [1.807, 2.05) is 7.05 Å². The van der Waals surface area contributed by atoms with Gasteiger partial charge in [0.05, 0.1) is 11.2 Å². The molecule has 1 aromatic carbocycles. The van der Waals surface area contributed by atoms with Gasteiger partial charge in [0.25, 0.3) is 0 Å². The minimum atomic E-state index is -4.60. The fourth-order valence-corrected chi connectivity index (χ4v) is 4.02. The summed E-state index contributed by atoms with van der Waals surface area (Å²) in [5.41, 5.74) is -2.86. The number of aliphatic hydroxyl groups is 1. The van der Waals surface area contributed by atoms with E-state index in [-0.39, 0.29) is 30.5 Å². The maximum absolute atomic E-state index is 13.5. The van der Waals surface area contributed by atoms with Gasteiger partial charge in [-0.25, -0.2) is 4.39 Å². The summed E-state index contributed by atoms with van der Waals surface area (Å²) in [6, 6.07) is 2.47. The maximum atomic E-state index is 13.5. The highest BCUT2D eigenvalue weighted by Gasteiger charge is 2.48. The first kappa shape index (κ1) is 15.7. The molecule has 0 amide bonds. The SMILES string of the molecule is CN1C2CCCC1CC(O)(c1cc(F)ccc1C(F)(F)F)C2. The summed E-state index contributed by atoms with van der Waals surface area (Å²) in [7, 11) is 1.95. The van der Waals surface area contributed by atoms with Crippen molar-refractivity contribution in [2.24, 2.45) is 0 Å². The van der Waals surface area contributed by atoms with Crippen molar-refractivity contribution >= 4 is 0 Å². The van der Waals surface area contributed by atoms with Gasteiger partial charge in [0.1, 0.15) is 5.82 Å². The summed E-state index contributed by atoms with van der Waals surface area (Å²) in [6.07, 6.45) is -1.45. The Balaban J connectivity index is 2.05. The molecule has 1 N–H and O–H groups in total. The predicted octanol–water partition coefficient (Wildman–Crippen LogP) is 3.68. The molecule has 3 rings (SSSR count). The number of hydrogen-bond donors (Lipinski definition) is 1. The van der Waals surface area contributed by atoms with Crippen molar-refractivity contribution < 1.29 is 22.7 Å². The molecular formula is C16H19F4NO. The van der Waals surface area contributed by atoms with Crippen LogP contribution in [0.1, 0.15) is 43.2 Å². The molecule has 2 fully saturated rings.